The standard InChI is InChI=1S/C10H6BrClFN3O/c11-5-1-2-7(6(13)3-5)17-10-8(14)9(12)15-4-16-10/h1-4H,14H2. The van der Waals surface area contributed by atoms with Gasteiger partial charge in [-0.3, -0.25) is 0 Å². The van der Waals surface area contributed by atoms with E-state index in [2.05, 4.69) is 25.9 Å². The summed E-state index contributed by atoms with van der Waals surface area (Å²) in [5.41, 5.74) is 5.66. The zero-order valence-electron chi connectivity index (χ0n) is 8.32. The molecule has 0 amide bonds. The first-order valence-electron chi connectivity index (χ1n) is 4.47. The molecule has 4 nitrogen and oxygen atoms in total. The summed E-state index contributed by atoms with van der Waals surface area (Å²) in [7, 11) is 0. The minimum atomic E-state index is -0.534. The maximum absolute atomic E-state index is 13.5. The Balaban J connectivity index is 2.35. The molecule has 2 N–H and O–H groups in total. The van der Waals surface area contributed by atoms with Gasteiger partial charge in [0.25, 0.3) is 0 Å². The Bertz CT molecular complexity index is 567. The number of halogens is 3. The predicted molar refractivity (Wildman–Crippen MR) is 65.6 cm³/mol. The largest absolute Gasteiger partial charge is 0.434 e. The second-order valence-electron chi connectivity index (χ2n) is 3.06. The first-order chi connectivity index (χ1) is 8.08. The number of aromatic nitrogens is 2. The van der Waals surface area contributed by atoms with Gasteiger partial charge in [0.05, 0.1) is 0 Å². The fourth-order valence-corrected chi connectivity index (χ4v) is 1.56. The Labute approximate surface area is 110 Å². The summed E-state index contributed by atoms with van der Waals surface area (Å²) in [5.74, 6) is -0.505. The highest BCUT2D eigenvalue weighted by molar-refractivity contribution is 9.10. The molecular formula is C10H6BrClFN3O. The van der Waals surface area contributed by atoms with Gasteiger partial charge in [-0.25, -0.2) is 9.37 Å². The molecule has 1 heterocycles. The van der Waals surface area contributed by atoms with E-state index in [0.717, 1.165) is 0 Å². The van der Waals surface area contributed by atoms with E-state index in [1.54, 1.807) is 6.07 Å². The monoisotopic (exact) mass is 317 g/mol. The number of hydrogen-bond acceptors (Lipinski definition) is 4. The van der Waals surface area contributed by atoms with Gasteiger partial charge in [-0.15, -0.1) is 0 Å². The van der Waals surface area contributed by atoms with Crippen LogP contribution in [0.25, 0.3) is 0 Å². The lowest BCUT2D eigenvalue weighted by Crippen LogP contribution is -1.98. The van der Waals surface area contributed by atoms with Crippen molar-refractivity contribution in [3.8, 4) is 11.6 Å². The zero-order valence-corrected chi connectivity index (χ0v) is 10.7. The molecule has 2 rings (SSSR count). The first-order valence-corrected chi connectivity index (χ1v) is 5.64. The average Bonchev–Trinajstić information content (AvgIpc) is 2.28. The fourth-order valence-electron chi connectivity index (χ4n) is 1.10. The first kappa shape index (κ1) is 12.1. The number of ether oxygens (including phenoxy) is 1. The highest BCUT2D eigenvalue weighted by atomic mass is 79.9. The number of rotatable bonds is 2. The van der Waals surface area contributed by atoms with Crippen molar-refractivity contribution in [3.05, 3.63) is 40.0 Å². The maximum Gasteiger partial charge on any atom is 0.247 e. The van der Waals surface area contributed by atoms with Crippen LogP contribution in [0.2, 0.25) is 5.15 Å². The van der Waals surface area contributed by atoms with Gasteiger partial charge >= 0.3 is 0 Å². The Kier molecular flexibility index (Phi) is 3.44. The Morgan fingerprint density at radius 2 is 2.12 bits per heavy atom. The molecule has 17 heavy (non-hydrogen) atoms. The van der Waals surface area contributed by atoms with Gasteiger partial charge < -0.3 is 10.5 Å². The molecule has 0 saturated carbocycles. The van der Waals surface area contributed by atoms with Gasteiger partial charge in [0, 0.05) is 4.47 Å². The maximum atomic E-state index is 13.5. The number of nitrogens with zero attached hydrogens (tertiary/aromatic N) is 2. The summed E-state index contributed by atoms with van der Waals surface area (Å²) in [4.78, 5) is 7.44. The summed E-state index contributed by atoms with van der Waals surface area (Å²) >= 11 is 8.83. The van der Waals surface area contributed by atoms with Crippen molar-refractivity contribution < 1.29 is 9.13 Å². The third-order valence-electron chi connectivity index (χ3n) is 1.90. The van der Waals surface area contributed by atoms with Gasteiger partial charge in [-0.2, -0.15) is 4.98 Å². The minimum Gasteiger partial charge on any atom is -0.434 e. The van der Waals surface area contributed by atoms with Gasteiger partial charge in [0.1, 0.15) is 12.0 Å². The fraction of sp³-hybridized carbons (Fsp3) is 0. The summed E-state index contributed by atoms with van der Waals surface area (Å²) in [6, 6.07) is 4.36. The van der Waals surface area contributed by atoms with E-state index in [4.69, 9.17) is 22.1 Å². The van der Waals surface area contributed by atoms with E-state index >= 15 is 0 Å². The van der Waals surface area contributed by atoms with Crippen LogP contribution in [0.15, 0.2) is 29.0 Å². The molecule has 0 fully saturated rings. The zero-order chi connectivity index (χ0) is 12.4. The van der Waals surface area contributed by atoms with Gasteiger partial charge in [-0.05, 0) is 18.2 Å². The lowest BCUT2D eigenvalue weighted by atomic mass is 10.3. The predicted octanol–water partition coefficient (Wildman–Crippen LogP) is 3.41. The highest BCUT2D eigenvalue weighted by Crippen LogP contribution is 2.31. The van der Waals surface area contributed by atoms with Gasteiger partial charge in [-0.1, -0.05) is 27.5 Å². The summed E-state index contributed by atoms with van der Waals surface area (Å²) in [6.45, 7) is 0. The number of anilines is 1. The molecule has 0 spiro atoms. The molecule has 0 aliphatic heterocycles. The highest BCUT2D eigenvalue weighted by Gasteiger charge is 2.11. The van der Waals surface area contributed by atoms with Gasteiger partial charge in [0.15, 0.2) is 16.7 Å². The molecule has 1 aromatic carbocycles. The third kappa shape index (κ3) is 2.65. The molecule has 0 atom stereocenters. The van der Waals surface area contributed by atoms with Crippen molar-refractivity contribution in [2.24, 2.45) is 0 Å². The van der Waals surface area contributed by atoms with Gasteiger partial charge in [0.2, 0.25) is 5.88 Å². The van der Waals surface area contributed by atoms with Crippen LogP contribution in [-0.4, -0.2) is 9.97 Å². The van der Waals surface area contributed by atoms with E-state index in [-0.39, 0.29) is 22.5 Å². The van der Waals surface area contributed by atoms with E-state index in [0.29, 0.717) is 4.47 Å². The number of nitrogen functional groups attached to an aromatic ring is 1. The van der Waals surface area contributed by atoms with Crippen LogP contribution in [0.1, 0.15) is 0 Å². The van der Waals surface area contributed by atoms with Crippen LogP contribution in [-0.2, 0) is 0 Å². The van der Waals surface area contributed by atoms with Crippen molar-refractivity contribution >= 4 is 33.2 Å². The molecule has 7 heteroatoms. The molecule has 1 aromatic heterocycles. The van der Waals surface area contributed by atoms with E-state index in [9.17, 15) is 4.39 Å². The number of hydrogen-bond donors (Lipinski definition) is 1. The number of nitrogens with two attached hydrogens (primary N) is 1. The molecular weight excluding hydrogens is 312 g/mol. The molecule has 0 bridgehead atoms. The van der Waals surface area contributed by atoms with E-state index in [1.807, 2.05) is 0 Å². The third-order valence-corrected chi connectivity index (χ3v) is 2.69. The lowest BCUT2D eigenvalue weighted by molar-refractivity contribution is 0.428. The van der Waals surface area contributed by atoms with Crippen LogP contribution < -0.4 is 10.5 Å². The Morgan fingerprint density at radius 3 is 2.82 bits per heavy atom. The Hall–Kier alpha value is -1.40. The topological polar surface area (TPSA) is 61.0 Å². The van der Waals surface area contributed by atoms with Crippen molar-refractivity contribution in [2.45, 2.75) is 0 Å². The van der Waals surface area contributed by atoms with Crippen LogP contribution >= 0.6 is 27.5 Å². The number of benzene rings is 1. The molecule has 2 aromatic rings. The van der Waals surface area contributed by atoms with Crippen LogP contribution in [0.5, 0.6) is 11.6 Å². The summed E-state index contributed by atoms with van der Waals surface area (Å²) in [6.07, 6.45) is 1.19. The Morgan fingerprint density at radius 1 is 1.35 bits per heavy atom. The smallest absolute Gasteiger partial charge is 0.247 e. The van der Waals surface area contributed by atoms with Crippen LogP contribution in [0, 0.1) is 5.82 Å². The van der Waals surface area contributed by atoms with Crippen molar-refractivity contribution in [1.29, 1.82) is 0 Å². The average molecular weight is 319 g/mol. The van der Waals surface area contributed by atoms with Crippen molar-refractivity contribution in [3.63, 3.8) is 0 Å². The van der Waals surface area contributed by atoms with Crippen LogP contribution in [0.3, 0.4) is 0 Å². The van der Waals surface area contributed by atoms with E-state index < -0.39 is 5.82 Å². The molecule has 0 unspecified atom stereocenters. The molecule has 88 valence electrons. The quantitative estimate of drug-likeness (QED) is 0.862. The second-order valence-corrected chi connectivity index (χ2v) is 4.33. The molecule has 0 saturated heterocycles. The summed E-state index contributed by atoms with van der Waals surface area (Å²) < 4.78 is 19.3. The summed E-state index contributed by atoms with van der Waals surface area (Å²) in [5, 5.41) is 0.0625. The van der Waals surface area contributed by atoms with E-state index in [1.165, 1.54) is 18.5 Å². The normalized spacial score (nSPS) is 10.3. The van der Waals surface area contributed by atoms with Crippen LogP contribution in [0.4, 0.5) is 10.1 Å². The van der Waals surface area contributed by atoms with Crippen molar-refractivity contribution in [2.75, 3.05) is 5.73 Å². The SMILES string of the molecule is Nc1c(Cl)ncnc1Oc1ccc(Br)cc1F. The minimum absolute atomic E-state index is 0.00895. The molecule has 0 radical (unpaired) electrons. The molecule has 0 aliphatic carbocycles. The van der Waals surface area contributed by atoms with Crippen molar-refractivity contribution in [1.82, 2.24) is 9.97 Å². The molecule has 0 aliphatic rings. The second kappa shape index (κ2) is 4.85. The lowest BCUT2D eigenvalue weighted by Gasteiger charge is -2.08.